The van der Waals surface area contributed by atoms with Crippen LogP contribution in [0.5, 0.6) is 0 Å². The number of carbonyl (C=O) groups excluding carboxylic acids is 1. The van der Waals surface area contributed by atoms with Crippen molar-refractivity contribution in [3.05, 3.63) is 49.3 Å². The Bertz CT molecular complexity index is 1000. The summed E-state index contributed by atoms with van der Waals surface area (Å²) in [6.07, 6.45) is 4.95. The molecule has 2 aromatic rings. The van der Waals surface area contributed by atoms with Crippen molar-refractivity contribution in [2.45, 2.75) is 57.5 Å². The molecule has 0 unspecified atom stereocenters. The van der Waals surface area contributed by atoms with E-state index in [4.69, 9.17) is 9.72 Å². The SMILES string of the molecule is Cc1ccc(C(=O)N2CCc3nc(C4CCN(C5CCOCC5)CC4)[nH]c(=O)c3C2)s1. The zero-order chi connectivity index (χ0) is 21.4. The van der Waals surface area contributed by atoms with Crippen LogP contribution in [-0.2, 0) is 17.7 Å². The van der Waals surface area contributed by atoms with Gasteiger partial charge in [0.2, 0.25) is 0 Å². The molecule has 166 valence electrons. The van der Waals surface area contributed by atoms with E-state index >= 15 is 0 Å². The maximum atomic E-state index is 12.9. The molecule has 2 aromatic heterocycles. The third-order valence-corrected chi connectivity index (χ3v) is 7.94. The van der Waals surface area contributed by atoms with E-state index in [0.717, 1.165) is 73.3 Å². The van der Waals surface area contributed by atoms with Gasteiger partial charge in [-0.1, -0.05) is 0 Å². The Morgan fingerprint density at radius 3 is 2.65 bits per heavy atom. The minimum Gasteiger partial charge on any atom is -0.381 e. The number of nitrogens with one attached hydrogen (secondary N) is 1. The lowest BCUT2D eigenvalue weighted by Crippen LogP contribution is -2.44. The Hall–Kier alpha value is -2.03. The molecule has 0 aromatic carbocycles. The summed E-state index contributed by atoms with van der Waals surface area (Å²) in [7, 11) is 0. The minimum atomic E-state index is -0.0771. The van der Waals surface area contributed by atoms with Crippen LogP contribution in [0.25, 0.3) is 0 Å². The number of aromatic amines is 1. The highest BCUT2D eigenvalue weighted by Gasteiger charge is 2.30. The first-order chi connectivity index (χ1) is 15.1. The van der Waals surface area contributed by atoms with Gasteiger partial charge in [0.1, 0.15) is 5.82 Å². The number of hydrogen-bond acceptors (Lipinski definition) is 6. The van der Waals surface area contributed by atoms with Gasteiger partial charge >= 0.3 is 0 Å². The number of ether oxygens (including phenoxy) is 1. The van der Waals surface area contributed by atoms with Crippen molar-refractivity contribution in [3.8, 4) is 0 Å². The van der Waals surface area contributed by atoms with E-state index in [9.17, 15) is 9.59 Å². The summed E-state index contributed by atoms with van der Waals surface area (Å²) in [6.45, 7) is 6.80. The third-order valence-electron chi connectivity index (χ3n) is 6.95. The summed E-state index contributed by atoms with van der Waals surface area (Å²) < 4.78 is 5.50. The van der Waals surface area contributed by atoms with E-state index in [0.29, 0.717) is 37.0 Å². The lowest BCUT2D eigenvalue weighted by Gasteiger charge is -2.39. The zero-order valence-electron chi connectivity index (χ0n) is 18.1. The van der Waals surface area contributed by atoms with E-state index < -0.39 is 0 Å². The maximum absolute atomic E-state index is 12.9. The number of aromatic nitrogens is 2. The predicted octanol–water partition coefficient (Wildman–Crippen LogP) is 2.70. The van der Waals surface area contributed by atoms with E-state index in [1.807, 2.05) is 19.1 Å². The number of aryl methyl sites for hydroxylation is 1. The van der Waals surface area contributed by atoms with Gasteiger partial charge in [0.25, 0.3) is 11.5 Å². The first kappa shape index (κ1) is 20.8. The Morgan fingerprint density at radius 2 is 1.94 bits per heavy atom. The molecule has 8 heteroatoms. The molecule has 0 aliphatic carbocycles. The van der Waals surface area contributed by atoms with Gasteiger partial charge in [-0.05, 0) is 57.8 Å². The molecule has 0 spiro atoms. The average Bonchev–Trinajstić information content (AvgIpc) is 3.25. The molecular weight excluding hydrogens is 412 g/mol. The number of rotatable bonds is 3. The topological polar surface area (TPSA) is 78.5 Å². The van der Waals surface area contributed by atoms with Crippen molar-refractivity contribution in [1.82, 2.24) is 19.8 Å². The standard InChI is InChI=1S/C23H30N4O3S/c1-15-2-3-20(31-15)23(29)27-11-6-19-18(14-27)22(28)25-21(24-19)16-4-9-26(10-5-16)17-7-12-30-13-8-17/h2-3,16-17H,4-14H2,1H3,(H,24,25,28). The van der Waals surface area contributed by atoms with E-state index in [-0.39, 0.29) is 11.5 Å². The summed E-state index contributed by atoms with van der Waals surface area (Å²) in [5.41, 5.74) is 1.44. The van der Waals surface area contributed by atoms with Crippen molar-refractivity contribution < 1.29 is 9.53 Å². The van der Waals surface area contributed by atoms with Crippen LogP contribution in [0, 0.1) is 6.92 Å². The van der Waals surface area contributed by atoms with E-state index in [2.05, 4.69) is 9.88 Å². The Balaban J connectivity index is 1.26. The van der Waals surface area contributed by atoms with Crippen molar-refractivity contribution >= 4 is 17.2 Å². The number of hydrogen-bond donors (Lipinski definition) is 1. The number of fused-ring (bicyclic) bond motifs is 1. The molecular formula is C23H30N4O3S. The fourth-order valence-electron chi connectivity index (χ4n) is 5.10. The molecule has 3 aliphatic rings. The highest BCUT2D eigenvalue weighted by atomic mass is 32.1. The van der Waals surface area contributed by atoms with Crippen LogP contribution in [0.15, 0.2) is 16.9 Å². The molecule has 5 heterocycles. The van der Waals surface area contributed by atoms with Gasteiger partial charge < -0.3 is 19.5 Å². The summed E-state index contributed by atoms with van der Waals surface area (Å²) in [6, 6.07) is 4.47. The van der Waals surface area contributed by atoms with Crippen molar-refractivity contribution in [3.63, 3.8) is 0 Å². The third kappa shape index (κ3) is 4.33. The molecule has 0 saturated carbocycles. The number of piperidine rings is 1. The number of thiophene rings is 1. The largest absolute Gasteiger partial charge is 0.381 e. The van der Waals surface area contributed by atoms with Crippen LogP contribution in [0.3, 0.4) is 0 Å². The zero-order valence-corrected chi connectivity index (χ0v) is 18.9. The first-order valence-corrected chi connectivity index (χ1v) is 12.2. The van der Waals surface area contributed by atoms with Crippen LogP contribution in [0.2, 0.25) is 0 Å². The smallest absolute Gasteiger partial charge is 0.264 e. The average molecular weight is 443 g/mol. The first-order valence-electron chi connectivity index (χ1n) is 11.4. The molecule has 2 saturated heterocycles. The van der Waals surface area contributed by atoms with Gasteiger partial charge in [-0.3, -0.25) is 9.59 Å². The Morgan fingerprint density at radius 1 is 1.16 bits per heavy atom. The molecule has 0 bridgehead atoms. The summed E-state index contributed by atoms with van der Waals surface area (Å²) >= 11 is 1.50. The fraction of sp³-hybridized carbons (Fsp3) is 0.609. The van der Waals surface area contributed by atoms with Gasteiger partial charge in [0.15, 0.2) is 0 Å². The molecule has 2 fully saturated rings. The second-order valence-corrected chi connectivity index (χ2v) is 10.2. The minimum absolute atomic E-state index is 0.00714. The number of likely N-dealkylation sites (tertiary alicyclic amines) is 1. The van der Waals surface area contributed by atoms with Crippen molar-refractivity contribution in [2.24, 2.45) is 0 Å². The fourth-order valence-corrected chi connectivity index (χ4v) is 5.94. The van der Waals surface area contributed by atoms with Gasteiger partial charge in [-0.2, -0.15) is 0 Å². The van der Waals surface area contributed by atoms with Crippen LogP contribution < -0.4 is 5.56 Å². The highest BCUT2D eigenvalue weighted by Crippen LogP contribution is 2.29. The molecule has 3 aliphatic heterocycles. The number of amides is 1. The normalized spacial score (nSPS) is 21.3. The van der Waals surface area contributed by atoms with Crippen LogP contribution in [0.1, 0.15) is 63.2 Å². The number of carbonyl (C=O) groups is 1. The van der Waals surface area contributed by atoms with Crippen LogP contribution in [0.4, 0.5) is 0 Å². The molecule has 31 heavy (non-hydrogen) atoms. The second kappa shape index (κ2) is 8.84. The highest BCUT2D eigenvalue weighted by molar-refractivity contribution is 7.13. The monoisotopic (exact) mass is 442 g/mol. The lowest BCUT2D eigenvalue weighted by atomic mass is 9.93. The summed E-state index contributed by atoms with van der Waals surface area (Å²) in [4.78, 5) is 39.8. The van der Waals surface area contributed by atoms with E-state index in [1.54, 1.807) is 4.90 Å². The second-order valence-electron chi connectivity index (χ2n) is 8.92. The predicted molar refractivity (Wildman–Crippen MR) is 120 cm³/mol. The molecule has 1 amide bonds. The quantitative estimate of drug-likeness (QED) is 0.791. The summed E-state index contributed by atoms with van der Waals surface area (Å²) in [5, 5.41) is 0. The van der Waals surface area contributed by atoms with Crippen LogP contribution in [-0.4, -0.2) is 64.6 Å². The van der Waals surface area contributed by atoms with Crippen LogP contribution >= 0.6 is 11.3 Å². The summed E-state index contributed by atoms with van der Waals surface area (Å²) in [5.74, 6) is 1.15. The molecule has 1 N–H and O–H groups in total. The van der Waals surface area contributed by atoms with Crippen molar-refractivity contribution in [2.75, 3.05) is 32.8 Å². The lowest BCUT2D eigenvalue weighted by molar-refractivity contribution is 0.0248. The van der Waals surface area contributed by atoms with Gasteiger partial charge in [0.05, 0.1) is 22.7 Å². The molecule has 0 radical (unpaired) electrons. The molecule has 0 atom stereocenters. The van der Waals surface area contributed by atoms with E-state index in [1.165, 1.54) is 11.3 Å². The maximum Gasteiger partial charge on any atom is 0.264 e. The van der Waals surface area contributed by atoms with Gasteiger partial charge in [-0.25, -0.2) is 4.98 Å². The Kier molecular flexibility index (Phi) is 5.95. The Labute approximate surface area is 186 Å². The van der Waals surface area contributed by atoms with Gasteiger partial charge in [-0.15, -0.1) is 11.3 Å². The molecule has 7 nitrogen and oxygen atoms in total. The number of H-pyrrole nitrogens is 1. The molecule has 5 rings (SSSR count). The van der Waals surface area contributed by atoms with Crippen molar-refractivity contribution in [1.29, 1.82) is 0 Å². The number of nitrogens with zero attached hydrogens (tertiary/aromatic N) is 3. The van der Waals surface area contributed by atoms with Gasteiger partial charge in [0, 0.05) is 43.0 Å².